The predicted molar refractivity (Wildman–Crippen MR) is 62.8 cm³/mol. The summed E-state index contributed by atoms with van der Waals surface area (Å²) in [7, 11) is 0. The van der Waals surface area contributed by atoms with Crippen LogP contribution in [0, 0.1) is 5.92 Å². The summed E-state index contributed by atoms with van der Waals surface area (Å²) in [4.78, 5) is 24.8. The van der Waals surface area contributed by atoms with Crippen LogP contribution in [0.15, 0.2) is 24.3 Å². The SMILES string of the molecule is CC(C)C1NC(=O)N(c2ccccc2O)C1=O. The van der Waals surface area contributed by atoms with Gasteiger partial charge in [0.1, 0.15) is 11.8 Å². The van der Waals surface area contributed by atoms with E-state index < -0.39 is 12.1 Å². The van der Waals surface area contributed by atoms with Gasteiger partial charge in [-0.1, -0.05) is 26.0 Å². The number of nitrogens with zero attached hydrogens (tertiary/aromatic N) is 1. The molecule has 0 saturated carbocycles. The number of amides is 3. The van der Waals surface area contributed by atoms with Crippen LogP contribution in [-0.2, 0) is 4.79 Å². The Morgan fingerprint density at radius 2 is 1.94 bits per heavy atom. The number of benzene rings is 1. The lowest BCUT2D eigenvalue weighted by atomic mass is 10.0. The molecule has 1 aromatic carbocycles. The molecular weight excluding hydrogens is 220 g/mol. The van der Waals surface area contributed by atoms with Gasteiger partial charge in [0.15, 0.2) is 0 Å². The molecule has 2 rings (SSSR count). The number of anilines is 1. The van der Waals surface area contributed by atoms with Crippen LogP contribution in [0.1, 0.15) is 13.8 Å². The number of phenolic OH excluding ortho intramolecular Hbond substituents is 1. The van der Waals surface area contributed by atoms with E-state index in [4.69, 9.17) is 0 Å². The van der Waals surface area contributed by atoms with Gasteiger partial charge in [-0.2, -0.15) is 0 Å². The van der Waals surface area contributed by atoms with Crippen molar-refractivity contribution in [2.75, 3.05) is 4.90 Å². The van der Waals surface area contributed by atoms with Gasteiger partial charge < -0.3 is 10.4 Å². The Hall–Kier alpha value is -2.04. The van der Waals surface area contributed by atoms with Gasteiger partial charge in [0.05, 0.1) is 5.69 Å². The lowest BCUT2D eigenvalue weighted by Crippen LogP contribution is -2.34. The Labute approximate surface area is 99.0 Å². The maximum Gasteiger partial charge on any atom is 0.329 e. The quantitative estimate of drug-likeness (QED) is 0.761. The number of hydrogen-bond donors (Lipinski definition) is 2. The normalized spacial score (nSPS) is 19.9. The molecule has 5 heteroatoms. The van der Waals surface area contributed by atoms with E-state index in [9.17, 15) is 14.7 Å². The third kappa shape index (κ3) is 1.84. The van der Waals surface area contributed by atoms with Crippen LogP contribution in [0.4, 0.5) is 10.5 Å². The topological polar surface area (TPSA) is 69.6 Å². The number of rotatable bonds is 2. The van der Waals surface area contributed by atoms with Crippen LogP contribution in [0.3, 0.4) is 0 Å². The number of urea groups is 1. The molecule has 2 N–H and O–H groups in total. The number of aromatic hydroxyl groups is 1. The van der Waals surface area contributed by atoms with Crippen molar-refractivity contribution < 1.29 is 14.7 Å². The number of imide groups is 1. The molecule has 0 aromatic heterocycles. The van der Waals surface area contributed by atoms with E-state index in [-0.39, 0.29) is 23.3 Å². The van der Waals surface area contributed by atoms with Gasteiger partial charge in [0.25, 0.3) is 5.91 Å². The van der Waals surface area contributed by atoms with Crippen molar-refractivity contribution in [2.45, 2.75) is 19.9 Å². The summed E-state index contributed by atoms with van der Waals surface area (Å²) < 4.78 is 0. The van der Waals surface area contributed by atoms with Gasteiger partial charge >= 0.3 is 6.03 Å². The summed E-state index contributed by atoms with van der Waals surface area (Å²) in [5.41, 5.74) is 0.221. The van der Waals surface area contributed by atoms with Crippen molar-refractivity contribution in [1.82, 2.24) is 5.32 Å². The van der Waals surface area contributed by atoms with Gasteiger partial charge in [-0.3, -0.25) is 4.79 Å². The minimum absolute atomic E-state index is 0.0160. The third-order valence-corrected chi connectivity index (χ3v) is 2.76. The first kappa shape index (κ1) is 11.4. The summed E-state index contributed by atoms with van der Waals surface area (Å²) in [5, 5.41) is 12.3. The fourth-order valence-electron chi connectivity index (χ4n) is 1.83. The highest BCUT2D eigenvalue weighted by molar-refractivity contribution is 6.22. The average Bonchev–Trinajstić information content (AvgIpc) is 2.56. The predicted octanol–water partition coefficient (Wildman–Crippen LogP) is 1.47. The smallest absolute Gasteiger partial charge is 0.329 e. The maximum absolute atomic E-state index is 12.0. The molecule has 0 radical (unpaired) electrons. The molecule has 1 saturated heterocycles. The lowest BCUT2D eigenvalue weighted by molar-refractivity contribution is -0.119. The molecule has 1 fully saturated rings. The van der Waals surface area contributed by atoms with Gasteiger partial charge in [0, 0.05) is 0 Å². The van der Waals surface area contributed by atoms with E-state index in [1.54, 1.807) is 12.1 Å². The first-order valence-corrected chi connectivity index (χ1v) is 5.45. The zero-order valence-corrected chi connectivity index (χ0v) is 9.68. The van der Waals surface area contributed by atoms with E-state index >= 15 is 0 Å². The molecule has 0 aliphatic carbocycles. The summed E-state index contributed by atoms with van der Waals surface area (Å²) in [6.07, 6.45) is 0. The molecule has 1 aliphatic heterocycles. The molecule has 1 aromatic rings. The average molecular weight is 234 g/mol. The highest BCUT2D eigenvalue weighted by Crippen LogP contribution is 2.30. The molecular formula is C12H14N2O3. The number of nitrogens with one attached hydrogen (secondary N) is 1. The van der Waals surface area contributed by atoms with Crippen molar-refractivity contribution in [2.24, 2.45) is 5.92 Å². The van der Waals surface area contributed by atoms with Crippen molar-refractivity contribution in [3.05, 3.63) is 24.3 Å². The highest BCUT2D eigenvalue weighted by atomic mass is 16.3. The second-order valence-electron chi connectivity index (χ2n) is 4.33. The molecule has 90 valence electrons. The fourth-order valence-corrected chi connectivity index (χ4v) is 1.83. The zero-order valence-electron chi connectivity index (χ0n) is 9.68. The highest BCUT2D eigenvalue weighted by Gasteiger charge is 2.41. The molecule has 5 nitrogen and oxygen atoms in total. The van der Waals surface area contributed by atoms with E-state index in [1.165, 1.54) is 12.1 Å². The van der Waals surface area contributed by atoms with Crippen LogP contribution < -0.4 is 10.2 Å². The Balaban J connectivity index is 2.38. The largest absolute Gasteiger partial charge is 0.506 e. The monoisotopic (exact) mass is 234 g/mol. The molecule has 17 heavy (non-hydrogen) atoms. The summed E-state index contributed by atoms with van der Waals surface area (Å²) in [6.45, 7) is 3.72. The molecule has 0 bridgehead atoms. The van der Waals surface area contributed by atoms with Crippen LogP contribution in [0.5, 0.6) is 5.75 Å². The van der Waals surface area contributed by atoms with Crippen molar-refractivity contribution in [3.8, 4) is 5.75 Å². The zero-order chi connectivity index (χ0) is 12.6. The summed E-state index contributed by atoms with van der Waals surface area (Å²) in [5.74, 6) is -0.394. The molecule has 0 spiro atoms. The van der Waals surface area contributed by atoms with Crippen molar-refractivity contribution in [3.63, 3.8) is 0 Å². The summed E-state index contributed by atoms with van der Waals surface area (Å²) >= 11 is 0. The molecule has 1 heterocycles. The Morgan fingerprint density at radius 1 is 1.29 bits per heavy atom. The molecule has 3 amide bonds. The Kier molecular flexibility index (Phi) is 2.75. The first-order chi connectivity index (χ1) is 8.02. The van der Waals surface area contributed by atoms with Gasteiger partial charge in [-0.15, -0.1) is 0 Å². The minimum atomic E-state index is -0.526. The Bertz CT molecular complexity index is 471. The van der Waals surface area contributed by atoms with Crippen LogP contribution in [0.2, 0.25) is 0 Å². The third-order valence-electron chi connectivity index (χ3n) is 2.76. The fraction of sp³-hybridized carbons (Fsp3) is 0.333. The molecule has 1 aliphatic rings. The number of phenols is 1. The number of para-hydroxylation sites is 2. The number of carbonyl (C=O) groups excluding carboxylic acids is 2. The number of hydrogen-bond acceptors (Lipinski definition) is 3. The lowest BCUT2D eigenvalue weighted by Gasteiger charge is -2.15. The summed E-state index contributed by atoms with van der Waals surface area (Å²) in [6, 6.07) is 5.27. The number of carbonyl (C=O) groups is 2. The first-order valence-electron chi connectivity index (χ1n) is 5.45. The van der Waals surface area contributed by atoms with E-state index in [1.807, 2.05) is 13.8 Å². The van der Waals surface area contributed by atoms with Gasteiger partial charge in [-0.05, 0) is 18.1 Å². The van der Waals surface area contributed by atoms with E-state index in [0.29, 0.717) is 0 Å². The van der Waals surface area contributed by atoms with Crippen LogP contribution in [0.25, 0.3) is 0 Å². The minimum Gasteiger partial charge on any atom is -0.506 e. The second kappa shape index (κ2) is 4.08. The van der Waals surface area contributed by atoms with Crippen molar-refractivity contribution in [1.29, 1.82) is 0 Å². The maximum atomic E-state index is 12.0. The van der Waals surface area contributed by atoms with E-state index in [0.717, 1.165) is 4.90 Å². The standard InChI is InChI=1S/C12H14N2O3/c1-7(2)10-11(16)14(12(17)13-10)8-5-3-4-6-9(8)15/h3-7,10,15H,1-2H3,(H,13,17). The van der Waals surface area contributed by atoms with Gasteiger partial charge in [-0.25, -0.2) is 9.69 Å². The van der Waals surface area contributed by atoms with Gasteiger partial charge in [0.2, 0.25) is 0 Å². The molecule has 1 unspecified atom stereocenters. The van der Waals surface area contributed by atoms with Crippen molar-refractivity contribution >= 4 is 17.6 Å². The molecule has 1 atom stereocenters. The van der Waals surface area contributed by atoms with E-state index in [2.05, 4.69) is 5.32 Å². The second-order valence-corrected chi connectivity index (χ2v) is 4.33. The van der Waals surface area contributed by atoms with Crippen LogP contribution in [-0.4, -0.2) is 23.1 Å². The van der Waals surface area contributed by atoms with Crippen LogP contribution >= 0.6 is 0 Å². The Morgan fingerprint density at radius 3 is 2.47 bits per heavy atom.